The molecule has 1 aromatic rings. The van der Waals surface area contributed by atoms with Crippen molar-refractivity contribution in [2.75, 3.05) is 32.2 Å². The molecule has 0 radical (unpaired) electrons. The first-order chi connectivity index (χ1) is 15.0. The Hall–Kier alpha value is -1.28. The highest BCUT2D eigenvalue weighted by atomic mass is 32.2. The number of nitrogens with one attached hydrogen (secondary N) is 1. The van der Waals surface area contributed by atoms with Gasteiger partial charge in [-0.15, -0.1) is 11.8 Å². The minimum atomic E-state index is -0.447. The number of hydrogen-bond donors (Lipinski definition) is 1. The Labute approximate surface area is 191 Å². The van der Waals surface area contributed by atoms with Crippen LogP contribution in [0.15, 0.2) is 30.3 Å². The minimum absolute atomic E-state index is 0.182. The number of amides is 1. The van der Waals surface area contributed by atoms with Crippen molar-refractivity contribution >= 4 is 17.9 Å². The van der Waals surface area contributed by atoms with E-state index in [1.807, 2.05) is 30.3 Å². The van der Waals surface area contributed by atoms with Crippen molar-refractivity contribution in [2.24, 2.45) is 17.8 Å². The van der Waals surface area contributed by atoms with Gasteiger partial charge in [0.05, 0.1) is 24.7 Å². The molecule has 7 heteroatoms. The Balaban J connectivity index is 1.75. The number of carbonyl (C=O) groups excluding carboxylic acids is 1. The molecular formula is C24H39NO5S. The van der Waals surface area contributed by atoms with Gasteiger partial charge in [-0.05, 0) is 36.2 Å². The molecular weight excluding hydrogens is 414 g/mol. The van der Waals surface area contributed by atoms with Crippen molar-refractivity contribution in [3.63, 3.8) is 0 Å². The molecule has 0 bridgehead atoms. The fourth-order valence-electron chi connectivity index (χ4n) is 3.97. The largest absolute Gasteiger partial charge is 0.445 e. The number of carbonyl (C=O) groups is 1. The Morgan fingerprint density at radius 3 is 2.71 bits per heavy atom. The van der Waals surface area contributed by atoms with E-state index in [0.29, 0.717) is 36.2 Å². The van der Waals surface area contributed by atoms with Crippen LogP contribution in [0, 0.1) is 17.8 Å². The summed E-state index contributed by atoms with van der Waals surface area (Å²) in [4.78, 5) is 12.2. The number of alkyl carbamates (subject to hydrolysis) is 1. The van der Waals surface area contributed by atoms with Gasteiger partial charge in [0.25, 0.3) is 0 Å². The number of methoxy groups -OCH3 is 1. The summed E-state index contributed by atoms with van der Waals surface area (Å²) >= 11 is 1.67. The quantitative estimate of drug-likeness (QED) is 0.332. The van der Waals surface area contributed by atoms with Crippen molar-refractivity contribution in [1.82, 2.24) is 5.32 Å². The molecule has 1 aliphatic carbocycles. The summed E-state index contributed by atoms with van der Waals surface area (Å²) in [5, 5.41) is 2.90. The van der Waals surface area contributed by atoms with Crippen LogP contribution in [0.5, 0.6) is 0 Å². The molecule has 4 atom stereocenters. The predicted octanol–water partition coefficient (Wildman–Crippen LogP) is 5.07. The molecule has 0 spiro atoms. The third-order valence-corrected chi connectivity index (χ3v) is 6.64. The Morgan fingerprint density at radius 1 is 1.23 bits per heavy atom. The molecule has 6 nitrogen and oxygen atoms in total. The van der Waals surface area contributed by atoms with Crippen LogP contribution in [-0.4, -0.2) is 50.4 Å². The van der Waals surface area contributed by atoms with E-state index in [-0.39, 0.29) is 19.4 Å². The third kappa shape index (κ3) is 10.3. The Kier molecular flexibility index (Phi) is 12.3. The number of thioether (sulfide) groups is 1. The molecule has 0 saturated heterocycles. The maximum Gasteiger partial charge on any atom is 0.407 e. The minimum Gasteiger partial charge on any atom is -0.445 e. The van der Waals surface area contributed by atoms with Crippen LogP contribution in [0.4, 0.5) is 4.79 Å². The average Bonchev–Trinajstić information content (AvgIpc) is 2.76. The van der Waals surface area contributed by atoms with Crippen LogP contribution in [-0.2, 0) is 25.6 Å². The topological polar surface area (TPSA) is 66.0 Å². The highest BCUT2D eigenvalue weighted by molar-refractivity contribution is 7.99. The van der Waals surface area contributed by atoms with Gasteiger partial charge in [-0.3, -0.25) is 0 Å². The van der Waals surface area contributed by atoms with Gasteiger partial charge in [-0.2, -0.15) is 0 Å². The lowest BCUT2D eigenvalue weighted by atomic mass is 9.75. The molecule has 1 aliphatic rings. The normalized spacial score (nSPS) is 22.3. The highest BCUT2D eigenvalue weighted by Gasteiger charge is 2.31. The van der Waals surface area contributed by atoms with Crippen LogP contribution < -0.4 is 5.32 Å². The standard InChI is InChI=1S/C24H39NO5S/c1-18(2)22-11-10-19(3)12-23(22)30-17-31-15-21(14-28-16-27-4)25-24(26)29-13-20-8-6-5-7-9-20/h5-9,18-19,21-23H,10-17H2,1-4H3,(H,25,26)/t19?,21-,22-,23?/m0/s1. The Morgan fingerprint density at radius 2 is 2.00 bits per heavy atom. The zero-order valence-electron chi connectivity index (χ0n) is 19.4. The summed E-state index contributed by atoms with van der Waals surface area (Å²) in [6.45, 7) is 7.68. The van der Waals surface area contributed by atoms with E-state index in [1.54, 1.807) is 18.9 Å². The summed E-state index contributed by atoms with van der Waals surface area (Å²) in [5.41, 5.74) is 0.953. The van der Waals surface area contributed by atoms with Crippen molar-refractivity contribution in [3.05, 3.63) is 35.9 Å². The molecule has 2 rings (SSSR count). The van der Waals surface area contributed by atoms with Gasteiger partial charge in [0.2, 0.25) is 0 Å². The molecule has 176 valence electrons. The first kappa shape index (κ1) is 26.0. The van der Waals surface area contributed by atoms with E-state index in [0.717, 1.165) is 17.9 Å². The number of benzene rings is 1. The first-order valence-electron chi connectivity index (χ1n) is 11.2. The maximum atomic E-state index is 12.2. The van der Waals surface area contributed by atoms with Crippen molar-refractivity contribution < 1.29 is 23.7 Å². The molecule has 0 heterocycles. The summed E-state index contributed by atoms with van der Waals surface area (Å²) in [7, 11) is 1.58. The van der Waals surface area contributed by atoms with E-state index in [1.165, 1.54) is 12.8 Å². The second-order valence-electron chi connectivity index (χ2n) is 8.70. The van der Waals surface area contributed by atoms with Gasteiger partial charge >= 0.3 is 6.09 Å². The fraction of sp³-hybridized carbons (Fsp3) is 0.708. The number of ether oxygens (including phenoxy) is 4. The van der Waals surface area contributed by atoms with Crippen LogP contribution in [0.1, 0.15) is 45.6 Å². The summed E-state index contributed by atoms with van der Waals surface area (Å²) < 4.78 is 22.0. The van der Waals surface area contributed by atoms with E-state index in [2.05, 4.69) is 26.1 Å². The zero-order valence-corrected chi connectivity index (χ0v) is 20.2. The SMILES string of the molecule is COCOC[C@@H](CSCOC1CC(C)CC[C@H]1C(C)C)NC(=O)OCc1ccccc1. The molecule has 1 N–H and O–H groups in total. The molecule has 1 amide bonds. The first-order valence-corrected chi connectivity index (χ1v) is 12.4. The molecule has 1 aromatic carbocycles. The second kappa shape index (κ2) is 14.7. The van der Waals surface area contributed by atoms with Gasteiger partial charge in [0.15, 0.2) is 0 Å². The van der Waals surface area contributed by atoms with E-state index in [4.69, 9.17) is 18.9 Å². The lowest BCUT2D eigenvalue weighted by molar-refractivity contribution is -0.0361. The predicted molar refractivity (Wildman–Crippen MR) is 125 cm³/mol. The second-order valence-corrected chi connectivity index (χ2v) is 9.68. The third-order valence-electron chi connectivity index (χ3n) is 5.70. The van der Waals surface area contributed by atoms with Gasteiger partial charge < -0.3 is 24.3 Å². The molecule has 2 unspecified atom stereocenters. The summed E-state index contributed by atoms with van der Waals surface area (Å²) in [6, 6.07) is 9.45. The van der Waals surface area contributed by atoms with Crippen LogP contribution >= 0.6 is 11.8 Å². The van der Waals surface area contributed by atoms with Crippen LogP contribution in [0.25, 0.3) is 0 Å². The Bertz CT molecular complexity index is 615. The lowest BCUT2D eigenvalue weighted by Crippen LogP contribution is -2.40. The average molecular weight is 454 g/mol. The van der Waals surface area contributed by atoms with Gasteiger partial charge in [-0.25, -0.2) is 4.79 Å². The van der Waals surface area contributed by atoms with Crippen molar-refractivity contribution in [3.8, 4) is 0 Å². The van der Waals surface area contributed by atoms with Gasteiger partial charge in [0, 0.05) is 12.9 Å². The maximum absolute atomic E-state index is 12.2. The molecule has 0 aliphatic heterocycles. The summed E-state index contributed by atoms with van der Waals surface area (Å²) in [5.74, 6) is 3.28. The van der Waals surface area contributed by atoms with E-state index < -0.39 is 6.09 Å². The van der Waals surface area contributed by atoms with E-state index in [9.17, 15) is 4.79 Å². The molecule has 1 fully saturated rings. The molecule has 1 saturated carbocycles. The number of rotatable bonds is 13. The molecule has 31 heavy (non-hydrogen) atoms. The smallest absolute Gasteiger partial charge is 0.407 e. The lowest BCUT2D eigenvalue weighted by Gasteiger charge is -2.37. The van der Waals surface area contributed by atoms with E-state index >= 15 is 0 Å². The number of hydrogen-bond acceptors (Lipinski definition) is 6. The van der Waals surface area contributed by atoms with Crippen molar-refractivity contribution in [2.45, 2.75) is 58.8 Å². The fourth-order valence-corrected chi connectivity index (χ4v) is 4.80. The van der Waals surface area contributed by atoms with Crippen LogP contribution in [0.2, 0.25) is 0 Å². The summed E-state index contributed by atoms with van der Waals surface area (Å²) in [6.07, 6.45) is 3.55. The van der Waals surface area contributed by atoms with Crippen molar-refractivity contribution in [1.29, 1.82) is 0 Å². The monoisotopic (exact) mass is 453 g/mol. The van der Waals surface area contributed by atoms with Crippen LogP contribution in [0.3, 0.4) is 0 Å². The van der Waals surface area contributed by atoms with Gasteiger partial charge in [0.1, 0.15) is 13.4 Å². The zero-order chi connectivity index (χ0) is 22.5. The highest BCUT2D eigenvalue weighted by Crippen LogP contribution is 2.35. The molecule has 0 aromatic heterocycles. The van der Waals surface area contributed by atoms with Gasteiger partial charge in [-0.1, -0.05) is 57.5 Å².